The second-order valence-corrected chi connectivity index (χ2v) is 3.86. The van der Waals surface area contributed by atoms with Crippen LogP contribution >= 0.6 is 0 Å². The van der Waals surface area contributed by atoms with Crippen LogP contribution in [-0.4, -0.2) is 22.6 Å². The van der Waals surface area contributed by atoms with E-state index >= 15 is 0 Å². The van der Waals surface area contributed by atoms with Crippen molar-refractivity contribution >= 4 is 11.0 Å². The van der Waals surface area contributed by atoms with E-state index in [2.05, 4.69) is 46.9 Å². The van der Waals surface area contributed by atoms with Crippen LogP contribution in [0.4, 0.5) is 0 Å². The molecule has 0 aliphatic rings. The molecule has 0 saturated carbocycles. The van der Waals surface area contributed by atoms with Gasteiger partial charge in [-0.05, 0) is 25.6 Å². The fourth-order valence-corrected chi connectivity index (χ4v) is 2.05. The molecule has 2 rings (SSSR count). The van der Waals surface area contributed by atoms with Crippen molar-refractivity contribution in [2.24, 2.45) is 0 Å². The van der Waals surface area contributed by atoms with Gasteiger partial charge in [0.1, 0.15) is 5.82 Å². The molecule has 2 aromatic rings. The number of para-hydroxylation sites is 2. The van der Waals surface area contributed by atoms with Gasteiger partial charge < -0.3 is 9.88 Å². The Kier molecular flexibility index (Phi) is 3.57. The zero-order chi connectivity index (χ0) is 11.4. The van der Waals surface area contributed by atoms with E-state index in [4.69, 9.17) is 0 Å². The Morgan fingerprint density at radius 3 is 2.81 bits per heavy atom. The summed E-state index contributed by atoms with van der Waals surface area (Å²) >= 11 is 0. The van der Waals surface area contributed by atoms with Crippen molar-refractivity contribution in [1.82, 2.24) is 14.9 Å². The van der Waals surface area contributed by atoms with Crippen LogP contribution in [0.2, 0.25) is 0 Å². The Bertz CT molecular complexity index is 459. The second-order valence-electron chi connectivity index (χ2n) is 3.86. The number of nitrogens with zero attached hydrogens (tertiary/aromatic N) is 2. The topological polar surface area (TPSA) is 29.9 Å². The van der Waals surface area contributed by atoms with Crippen molar-refractivity contribution in [2.75, 3.05) is 13.1 Å². The molecule has 0 atom stereocenters. The summed E-state index contributed by atoms with van der Waals surface area (Å²) in [7, 11) is 0. The van der Waals surface area contributed by atoms with Crippen molar-refractivity contribution in [3.8, 4) is 0 Å². The quantitative estimate of drug-likeness (QED) is 0.778. The lowest BCUT2D eigenvalue weighted by Crippen LogP contribution is -2.18. The lowest BCUT2D eigenvalue weighted by atomic mass is 10.3. The van der Waals surface area contributed by atoms with Crippen molar-refractivity contribution in [2.45, 2.75) is 26.8 Å². The molecular weight excluding hydrogens is 198 g/mol. The molecule has 3 nitrogen and oxygen atoms in total. The number of fused-ring (bicyclic) bond motifs is 1. The summed E-state index contributed by atoms with van der Waals surface area (Å²) in [5.74, 6) is 1.18. The summed E-state index contributed by atoms with van der Waals surface area (Å²) in [5.41, 5.74) is 2.35. The molecule has 0 radical (unpaired) electrons. The highest BCUT2D eigenvalue weighted by molar-refractivity contribution is 5.75. The first-order valence-electron chi connectivity index (χ1n) is 6.01. The molecule has 0 unspecified atom stereocenters. The summed E-state index contributed by atoms with van der Waals surface area (Å²) in [6.45, 7) is 7.31. The third kappa shape index (κ3) is 2.09. The average Bonchev–Trinajstić information content (AvgIpc) is 2.67. The van der Waals surface area contributed by atoms with Gasteiger partial charge in [-0.15, -0.1) is 0 Å². The molecule has 86 valence electrons. The van der Waals surface area contributed by atoms with E-state index in [0.29, 0.717) is 0 Å². The number of imidazole rings is 1. The van der Waals surface area contributed by atoms with E-state index < -0.39 is 0 Å². The number of rotatable bonds is 5. The van der Waals surface area contributed by atoms with E-state index in [9.17, 15) is 0 Å². The predicted octanol–water partition coefficient (Wildman–Crippen LogP) is 2.21. The fourth-order valence-electron chi connectivity index (χ4n) is 2.05. The van der Waals surface area contributed by atoms with Crippen molar-refractivity contribution in [3.63, 3.8) is 0 Å². The standard InChI is InChI=1S/C13H19N3/c1-3-14-10-9-13-15-11-7-5-6-8-12(11)16(13)4-2/h5-8,14H,3-4,9-10H2,1-2H3. The Labute approximate surface area is 96.5 Å². The van der Waals surface area contributed by atoms with Gasteiger partial charge in [0.2, 0.25) is 0 Å². The average molecular weight is 217 g/mol. The van der Waals surface area contributed by atoms with Gasteiger partial charge in [0.25, 0.3) is 0 Å². The molecule has 0 aliphatic carbocycles. The molecule has 1 N–H and O–H groups in total. The molecule has 1 aromatic heterocycles. The molecular formula is C13H19N3. The lowest BCUT2D eigenvalue weighted by Gasteiger charge is -2.05. The van der Waals surface area contributed by atoms with Gasteiger partial charge in [0, 0.05) is 19.5 Å². The Morgan fingerprint density at radius 1 is 1.25 bits per heavy atom. The van der Waals surface area contributed by atoms with Gasteiger partial charge >= 0.3 is 0 Å². The molecule has 3 heteroatoms. The third-order valence-electron chi connectivity index (χ3n) is 2.83. The number of likely N-dealkylation sites (N-methyl/N-ethyl adjacent to an activating group) is 1. The number of benzene rings is 1. The number of aromatic nitrogens is 2. The molecule has 0 saturated heterocycles. The Hall–Kier alpha value is -1.35. The maximum absolute atomic E-state index is 4.68. The van der Waals surface area contributed by atoms with Gasteiger partial charge in [0.15, 0.2) is 0 Å². The molecule has 16 heavy (non-hydrogen) atoms. The highest BCUT2D eigenvalue weighted by Gasteiger charge is 2.07. The largest absolute Gasteiger partial charge is 0.328 e. The molecule has 1 heterocycles. The summed E-state index contributed by atoms with van der Waals surface area (Å²) in [4.78, 5) is 4.68. The van der Waals surface area contributed by atoms with E-state index in [-0.39, 0.29) is 0 Å². The van der Waals surface area contributed by atoms with Crippen LogP contribution in [0.25, 0.3) is 11.0 Å². The van der Waals surface area contributed by atoms with Crippen molar-refractivity contribution in [3.05, 3.63) is 30.1 Å². The van der Waals surface area contributed by atoms with Crippen molar-refractivity contribution in [1.29, 1.82) is 0 Å². The van der Waals surface area contributed by atoms with Crippen LogP contribution in [0, 0.1) is 0 Å². The van der Waals surface area contributed by atoms with Gasteiger partial charge in [-0.25, -0.2) is 4.98 Å². The normalized spacial score (nSPS) is 11.1. The number of hydrogen-bond acceptors (Lipinski definition) is 2. The van der Waals surface area contributed by atoms with Crippen LogP contribution < -0.4 is 5.32 Å². The molecule has 0 bridgehead atoms. The van der Waals surface area contributed by atoms with E-state index in [1.165, 1.54) is 11.3 Å². The molecule has 0 amide bonds. The van der Waals surface area contributed by atoms with E-state index in [0.717, 1.165) is 31.6 Å². The molecule has 0 aliphatic heterocycles. The van der Waals surface area contributed by atoms with Gasteiger partial charge in [0.05, 0.1) is 11.0 Å². The van der Waals surface area contributed by atoms with Gasteiger partial charge in [-0.1, -0.05) is 19.1 Å². The minimum atomic E-state index is 0.988. The summed E-state index contributed by atoms with van der Waals surface area (Å²) < 4.78 is 2.30. The smallest absolute Gasteiger partial charge is 0.111 e. The number of nitrogens with one attached hydrogen (secondary N) is 1. The van der Waals surface area contributed by atoms with Crippen molar-refractivity contribution < 1.29 is 0 Å². The van der Waals surface area contributed by atoms with Crippen LogP contribution in [0.15, 0.2) is 24.3 Å². The summed E-state index contributed by atoms with van der Waals surface area (Å²) in [6.07, 6.45) is 0.996. The number of hydrogen-bond donors (Lipinski definition) is 1. The van der Waals surface area contributed by atoms with Crippen LogP contribution in [0.3, 0.4) is 0 Å². The Morgan fingerprint density at radius 2 is 2.06 bits per heavy atom. The minimum Gasteiger partial charge on any atom is -0.328 e. The van der Waals surface area contributed by atoms with Crippen LogP contribution in [0.5, 0.6) is 0 Å². The minimum absolute atomic E-state index is 0.988. The maximum Gasteiger partial charge on any atom is 0.111 e. The molecule has 0 spiro atoms. The van der Waals surface area contributed by atoms with Crippen LogP contribution in [0.1, 0.15) is 19.7 Å². The zero-order valence-corrected chi connectivity index (χ0v) is 10.0. The number of aryl methyl sites for hydroxylation is 1. The first-order chi connectivity index (χ1) is 7.86. The van der Waals surface area contributed by atoms with Crippen LogP contribution in [-0.2, 0) is 13.0 Å². The highest BCUT2D eigenvalue weighted by Crippen LogP contribution is 2.15. The first kappa shape index (κ1) is 11.1. The zero-order valence-electron chi connectivity index (χ0n) is 10.0. The summed E-state index contributed by atoms with van der Waals surface area (Å²) in [5, 5.41) is 3.34. The molecule has 1 aromatic carbocycles. The fraction of sp³-hybridized carbons (Fsp3) is 0.462. The predicted molar refractivity (Wildman–Crippen MR) is 67.7 cm³/mol. The highest BCUT2D eigenvalue weighted by atomic mass is 15.1. The van der Waals surface area contributed by atoms with E-state index in [1.54, 1.807) is 0 Å². The van der Waals surface area contributed by atoms with Gasteiger partial charge in [-0.3, -0.25) is 0 Å². The maximum atomic E-state index is 4.68. The first-order valence-corrected chi connectivity index (χ1v) is 6.01. The molecule has 0 fully saturated rings. The van der Waals surface area contributed by atoms with E-state index in [1.807, 2.05) is 6.07 Å². The van der Waals surface area contributed by atoms with Gasteiger partial charge in [-0.2, -0.15) is 0 Å². The lowest BCUT2D eigenvalue weighted by molar-refractivity contribution is 0.655. The monoisotopic (exact) mass is 217 g/mol. The summed E-state index contributed by atoms with van der Waals surface area (Å²) in [6, 6.07) is 8.34. The third-order valence-corrected chi connectivity index (χ3v) is 2.83. The Balaban J connectivity index is 2.29. The SMILES string of the molecule is CCNCCc1nc2ccccc2n1CC. The second kappa shape index (κ2) is 5.12.